The van der Waals surface area contributed by atoms with Crippen LogP contribution in [0.5, 0.6) is 0 Å². The molecular formula is C13H17N3O2S. The van der Waals surface area contributed by atoms with Crippen LogP contribution in [0.4, 0.5) is 5.82 Å². The van der Waals surface area contributed by atoms with Gasteiger partial charge in [0.15, 0.2) is 5.82 Å². The Labute approximate surface area is 115 Å². The van der Waals surface area contributed by atoms with Gasteiger partial charge >= 0.3 is 0 Å². The van der Waals surface area contributed by atoms with Crippen molar-refractivity contribution in [1.82, 2.24) is 9.97 Å². The number of thiophene rings is 1. The van der Waals surface area contributed by atoms with E-state index in [0.717, 1.165) is 29.7 Å². The number of aromatic nitrogens is 2. The van der Waals surface area contributed by atoms with E-state index in [0.29, 0.717) is 24.9 Å². The summed E-state index contributed by atoms with van der Waals surface area (Å²) in [6, 6.07) is 1.94. The summed E-state index contributed by atoms with van der Waals surface area (Å²) in [4.78, 5) is 9.62. The van der Waals surface area contributed by atoms with Crippen LogP contribution in [0.2, 0.25) is 0 Å². The van der Waals surface area contributed by atoms with E-state index >= 15 is 0 Å². The number of rotatable bonds is 4. The fraction of sp³-hybridized carbons (Fsp3) is 0.538. The van der Waals surface area contributed by atoms with Gasteiger partial charge in [0.2, 0.25) is 0 Å². The van der Waals surface area contributed by atoms with Crippen molar-refractivity contribution in [3.8, 4) is 0 Å². The van der Waals surface area contributed by atoms with Crippen LogP contribution in [-0.2, 0) is 16.1 Å². The number of anilines is 1. The summed E-state index contributed by atoms with van der Waals surface area (Å²) >= 11 is 1.57. The highest BCUT2D eigenvalue weighted by Crippen LogP contribution is 2.23. The lowest BCUT2D eigenvalue weighted by atomic mass is 10.1. The first-order valence-corrected chi connectivity index (χ1v) is 7.40. The Hall–Kier alpha value is -1.24. The monoisotopic (exact) mass is 279 g/mol. The molecule has 1 atom stereocenters. The van der Waals surface area contributed by atoms with E-state index in [9.17, 15) is 0 Å². The number of nitrogen functional groups attached to an aromatic ring is 1. The Balaban J connectivity index is 1.58. The summed E-state index contributed by atoms with van der Waals surface area (Å²) in [5.74, 6) is 1.17. The molecule has 6 heteroatoms. The third-order valence-corrected chi connectivity index (χ3v) is 4.02. The molecule has 0 radical (unpaired) electrons. The third kappa shape index (κ3) is 3.02. The second-order valence-electron chi connectivity index (χ2n) is 4.67. The highest BCUT2D eigenvalue weighted by molar-refractivity contribution is 7.16. The first-order chi connectivity index (χ1) is 9.33. The summed E-state index contributed by atoms with van der Waals surface area (Å²) in [5, 5.41) is 2.89. The molecule has 1 unspecified atom stereocenters. The summed E-state index contributed by atoms with van der Waals surface area (Å²) in [6.45, 7) is 1.84. The lowest BCUT2D eigenvalue weighted by Crippen LogP contribution is -2.24. The molecule has 0 saturated carbocycles. The molecule has 2 N–H and O–H groups in total. The lowest BCUT2D eigenvalue weighted by molar-refractivity contribution is -0.0457. The molecule has 0 bridgehead atoms. The molecule has 1 fully saturated rings. The van der Waals surface area contributed by atoms with E-state index in [-0.39, 0.29) is 6.10 Å². The first-order valence-electron chi connectivity index (χ1n) is 6.52. The number of ether oxygens (including phenoxy) is 2. The van der Waals surface area contributed by atoms with E-state index in [1.54, 1.807) is 11.3 Å². The summed E-state index contributed by atoms with van der Waals surface area (Å²) in [5.41, 5.74) is 5.89. The van der Waals surface area contributed by atoms with Crippen molar-refractivity contribution in [2.75, 3.05) is 18.9 Å². The van der Waals surface area contributed by atoms with Crippen LogP contribution >= 0.6 is 11.3 Å². The van der Waals surface area contributed by atoms with Crippen molar-refractivity contribution in [3.05, 3.63) is 17.3 Å². The smallest absolute Gasteiger partial charge is 0.158 e. The number of nitrogens with zero attached hydrogens (tertiary/aromatic N) is 2. The topological polar surface area (TPSA) is 70.3 Å². The molecular weight excluding hydrogens is 262 g/mol. The van der Waals surface area contributed by atoms with Crippen molar-refractivity contribution in [2.24, 2.45) is 0 Å². The third-order valence-electron chi connectivity index (χ3n) is 3.21. The maximum Gasteiger partial charge on any atom is 0.158 e. The van der Waals surface area contributed by atoms with Gasteiger partial charge < -0.3 is 15.2 Å². The van der Waals surface area contributed by atoms with Crippen molar-refractivity contribution in [1.29, 1.82) is 0 Å². The Bertz CT molecular complexity index is 552. The molecule has 5 nitrogen and oxygen atoms in total. The average Bonchev–Trinajstić information content (AvgIpc) is 2.89. The van der Waals surface area contributed by atoms with Crippen LogP contribution in [0.3, 0.4) is 0 Å². The molecule has 0 spiro atoms. The van der Waals surface area contributed by atoms with Gasteiger partial charge in [0.25, 0.3) is 0 Å². The highest BCUT2D eigenvalue weighted by atomic mass is 32.1. The van der Waals surface area contributed by atoms with Crippen LogP contribution < -0.4 is 5.73 Å². The summed E-state index contributed by atoms with van der Waals surface area (Å²) in [6.07, 6.45) is 3.67. The fourth-order valence-corrected chi connectivity index (χ4v) is 3.00. The molecule has 2 aromatic heterocycles. The molecule has 0 aliphatic carbocycles. The van der Waals surface area contributed by atoms with Crippen LogP contribution in [0, 0.1) is 0 Å². The van der Waals surface area contributed by atoms with Crippen LogP contribution in [0.15, 0.2) is 11.4 Å². The van der Waals surface area contributed by atoms with Crippen molar-refractivity contribution < 1.29 is 9.47 Å². The van der Waals surface area contributed by atoms with Gasteiger partial charge in [0.1, 0.15) is 17.3 Å². The SMILES string of the molecule is Nc1nc(COCC2CCCCO2)nc2sccc12. The maximum atomic E-state index is 5.89. The van der Waals surface area contributed by atoms with Crippen LogP contribution in [-0.4, -0.2) is 29.3 Å². The highest BCUT2D eigenvalue weighted by Gasteiger charge is 2.14. The zero-order chi connectivity index (χ0) is 13.1. The summed E-state index contributed by atoms with van der Waals surface area (Å²) in [7, 11) is 0. The minimum absolute atomic E-state index is 0.219. The molecule has 1 saturated heterocycles. The Morgan fingerprint density at radius 2 is 2.37 bits per heavy atom. The minimum atomic E-state index is 0.219. The Morgan fingerprint density at radius 3 is 3.21 bits per heavy atom. The van der Waals surface area contributed by atoms with Crippen molar-refractivity contribution in [2.45, 2.75) is 32.0 Å². The van der Waals surface area contributed by atoms with E-state index in [4.69, 9.17) is 15.2 Å². The van der Waals surface area contributed by atoms with Gasteiger partial charge in [0.05, 0.1) is 18.1 Å². The second kappa shape index (κ2) is 5.81. The number of hydrogen-bond donors (Lipinski definition) is 1. The Kier molecular flexibility index (Phi) is 3.91. The molecule has 1 aliphatic rings. The Morgan fingerprint density at radius 1 is 1.42 bits per heavy atom. The standard InChI is InChI=1S/C13H17N3O2S/c14-12-10-4-6-19-13(10)16-11(15-12)8-17-7-9-3-1-2-5-18-9/h4,6,9H,1-3,5,7-8H2,(H2,14,15,16). The van der Waals surface area contributed by atoms with Gasteiger partial charge in [-0.3, -0.25) is 0 Å². The predicted molar refractivity (Wildman–Crippen MR) is 75.1 cm³/mol. The molecule has 3 rings (SSSR count). The van der Waals surface area contributed by atoms with E-state index in [1.807, 2.05) is 11.4 Å². The zero-order valence-corrected chi connectivity index (χ0v) is 11.5. The largest absolute Gasteiger partial charge is 0.383 e. The molecule has 1 aliphatic heterocycles. The molecule has 0 aromatic carbocycles. The van der Waals surface area contributed by atoms with Crippen molar-refractivity contribution >= 4 is 27.4 Å². The van der Waals surface area contributed by atoms with E-state index in [1.165, 1.54) is 6.42 Å². The molecule has 2 aromatic rings. The fourth-order valence-electron chi connectivity index (χ4n) is 2.21. The normalized spacial score (nSPS) is 19.9. The molecule has 3 heterocycles. The van der Waals surface area contributed by atoms with Crippen molar-refractivity contribution in [3.63, 3.8) is 0 Å². The van der Waals surface area contributed by atoms with E-state index in [2.05, 4.69) is 9.97 Å². The van der Waals surface area contributed by atoms with Gasteiger partial charge in [-0.1, -0.05) is 0 Å². The van der Waals surface area contributed by atoms with Crippen LogP contribution in [0.25, 0.3) is 10.2 Å². The predicted octanol–water partition coefficient (Wildman–Crippen LogP) is 2.36. The van der Waals surface area contributed by atoms with Gasteiger partial charge in [0, 0.05) is 6.61 Å². The van der Waals surface area contributed by atoms with Gasteiger partial charge in [-0.2, -0.15) is 0 Å². The average molecular weight is 279 g/mol. The number of hydrogen-bond acceptors (Lipinski definition) is 6. The number of fused-ring (bicyclic) bond motifs is 1. The first kappa shape index (κ1) is 12.8. The second-order valence-corrected chi connectivity index (χ2v) is 5.56. The molecule has 19 heavy (non-hydrogen) atoms. The zero-order valence-electron chi connectivity index (χ0n) is 10.7. The number of nitrogens with two attached hydrogens (primary N) is 1. The molecule has 0 amide bonds. The van der Waals surface area contributed by atoms with Gasteiger partial charge in [-0.05, 0) is 30.7 Å². The lowest BCUT2D eigenvalue weighted by Gasteiger charge is -2.22. The molecule has 102 valence electrons. The maximum absolute atomic E-state index is 5.89. The van der Waals surface area contributed by atoms with Gasteiger partial charge in [-0.15, -0.1) is 11.3 Å². The quantitative estimate of drug-likeness (QED) is 0.930. The van der Waals surface area contributed by atoms with Gasteiger partial charge in [-0.25, -0.2) is 9.97 Å². The van der Waals surface area contributed by atoms with E-state index < -0.39 is 0 Å². The van der Waals surface area contributed by atoms with Crippen LogP contribution in [0.1, 0.15) is 25.1 Å². The summed E-state index contributed by atoms with van der Waals surface area (Å²) < 4.78 is 11.2. The minimum Gasteiger partial charge on any atom is -0.383 e.